The highest BCUT2D eigenvalue weighted by Crippen LogP contribution is 2.48. The van der Waals surface area contributed by atoms with Gasteiger partial charge in [-0.2, -0.15) is 0 Å². The van der Waals surface area contributed by atoms with E-state index in [1.54, 1.807) is 44.2 Å². The van der Waals surface area contributed by atoms with Crippen LogP contribution in [-0.2, 0) is 30.5 Å². The molecule has 0 N–H and O–H groups in total. The predicted molar refractivity (Wildman–Crippen MR) is 136 cm³/mol. The highest BCUT2D eigenvalue weighted by molar-refractivity contribution is 8.00. The number of hydrogen-bond donors (Lipinski definition) is 0. The number of amides is 2. The number of fused-ring (bicyclic) bond motifs is 1. The lowest BCUT2D eigenvalue weighted by molar-refractivity contribution is -0.384. The summed E-state index contributed by atoms with van der Waals surface area (Å²) in [4.78, 5) is 77.4. The van der Waals surface area contributed by atoms with E-state index in [9.17, 15) is 34.2 Å². The molecule has 3 saturated heterocycles. The Bertz CT molecular complexity index is 1370. The number of nitrogens with zero attached hydrogens (tertiary/aromatic N) is 5. The molecule has 4 atom stereocenters. The molecule has 1 unspecified atom stereocenters. The fourth-order valence-corrected chi connectivity index (χ4v) is 6.52. The molecular formula is C25H23N5O8S. The van der Waals surface area contributed by atoms with Crippen molar-refractivity contribution in [2.75, 3.05) is 5.75 Å². The van der Waals surface area contributed by atoms with Crippen molar-refractivity contribution >= 4 is 41.0 Å². The zero-order valence-electron chi connectivity index (χ0n) is 20.8. The summed E-state index contributed by atoms with van der Waals surface area (Å²) in [7, 11) is 0. The van der Waals surface area contributed by atoms with Gasteiger partial charge in [0.15, 0.2) is 17.9 Å². The van der Waals surface area contributed by atoms with Crippen LogP contribution in [0.25, 0.3) is 0 Å². The fraction of sp³-hybridized carbons (Fsp3) is 0.360. The lowest BCUT2D eigenvalue weighted by Crippen LogP contribution is -2.78. The second kappa shape index (κ2) is 9.76. The van der Waals surface area contributed by atoms with Crippen molar-refractivity contribution in [3.63, 3.8) is 0 Å². The van der Waals surface area contributed by atoms with Gasteiger partial charge in [0.05, 0.1) is 16.0 Å². The number of nitro benzene ring substituents is 1. The largest absolute Gasteiger partial charge is 0.459 e. The fourth-order valence-electron chi connectivity index (χ4n) is 5.22. The molecule has 0 spiro atoms. The number of esters is 1. The van der Waals surface area contributed by atoms with Crippen LogP contribution in [0.15, 0.2) is 59.9 Å². The number of carbonyl (C=O) groups is 4. The van der Waals surface area contributed by atoms with Crippen molar-refractivity contribution in [1.29, 1.82) is 0 Å². The molecule has 0 aliphatic carbocycles. The normalized spacial score (nSPS) is 25.7. The molecule has 2 amide bonds. The van der Waals surface area contributed by atoms with E-state index in [4.69, 9.17) is 4.74 Å². The first-order valence-electron chi connectivity index (χ1n) is 11.9. The van der Waals surface area contributed by atoms with E-state index in [2.05, 4.69) is 5.29 Å². The van der Waals surface area contributed by atoms with Crippen LogP contribution in [0.4, 0.5) is 5.69 Å². The summed E-state index contributed by atoms with van der Waals surface area (Å²) in [5.41, 5.74) is -0.379. The van der Waals surface area contributed by atoms with Crippen LogP contribution in [0.2, 0.25) is 0 Å². The van der Waals surface area contributed by atoms with Crippen molar-refractivity contribution in [3.8, 4) is 0 Å². The molecule has 0 bridgehead atoms. The number of non-ortho nitro benzene ring substituents is 1. The van der Waals surface area contributed by atoms with E-state index < -0.39 is 57.7 Å². The van der Waals surface area contributed by atoms with Gasteiger partial charge in [-0.1, -0.05) is 30.3 Å². The second-order valence-corrected chi connectivity index (χ2v) is 10.8. The van der Waals surface area contributed by atoms with Gasteiger partial charge < -0.3 is 14.5 Å². The minimum absolute atomic E-state index is 0.0809. The Balaban J connectivity index is 1.35. The van der Waals surface area contributed by atoms with Crippen LogP contribution in [0.5, 0.6) is 0 Å². The first-order valence-corrected chi connectivity index (χ1v) is 13.0. The SMILES string of the molecule is CC1(C)N(N=O)[C@H](c2ccccc2)C(=O)N1[C@@H]1C(=O)N2C(C(=O)OCc3ccc([N+](=O)[O-])cc3)C(=O)CS[C@H]12. The van der Waals surface area contributed by atoms with E-state index in [1.807, 2.05) is 0 Å². The number of nitro groups is 1. The number of ketones is 1. The Labute approximate surface area is 226 Å². The molecule has 5 rings (SSSR count). The van der Waals surface area contributed by atoms with Gasteiger partial charge in [0.2, 0.25) is 0 Å². The third-order valence-electron chi connectivity index (χ3n) is 7.13. The molecule has 3 fully saturated rings. The summed E-state index contributed by atoms with van der Waals surface area (Å²) in [5, 5.41) is 14.4. The highest BCUT2D eigenvalue weighted by Gasteiger charge is 2.66. The summed E-state index contributed by atoms with van der Waals surface area (Å²) in [6, 6.07) is 10.5. The molecule has 0 aromatic heterocycles. The number of β-lactam (4-membered cyclic amide) rings is 1. The number of nitroso groups, excluding NO2 is 1. The number of thioether (sulfide) groups is 1. The Kier molecular flexibility index (Phi) is 6.58. The molecule has 3 aliphatic rings. The Morgan fingerprint density at radius 1 is 1.10 bits per heavy atom. The van der Waals surface area contributed by atoms with Gasteiger partial charge in [-0.05, 0) is 37.1 Å². The molecular weight excluding hydrogens is 530 g/mol. The zero-order valence-corrected chi connectivity index (χ0v) is 21.6. The van der Waals surface area contributed by atoms with Crippen LogP contribution in [-0.4, -0.2) is 72.2 Å². The molecule has 14 heteroatoms. The van der Waals surface area contributed by atoms with Crippen molar-refractivity contribution in [2.24, 2.45) is 5.29 Å². The van der Waals surface area contributed by atoms with E-state index in [0.717, 1.165) is 21.7 Å². The van der Waals surface area contributed by atoms with Crippen LogP contribution in [0, 0.1) is 15.0 Å². The van der Waals surface area contributed by atoms with E-state index in [-0.39, 0.29) is 18.0 Å². The average Bonchev–Trinajstić information content (AvgIpc) is 3.12. The van der Waals surface area contributed by atoms with Gasteiger partial charge in [0, 0.05) is 12.1 Å². The van der Waals surface area contributed by atoms with E-state index in [1.165, 1.54) is 29.2 Å². The van der Waals surface area contributed by atoms with E-state index >= 15 is 0 Å². The molecule has 3 aliphatic heterocycles. The van der Waals surface area contributed by atoms with E-state index in [0.29, 0.717) is 11.1 Å². The van der Waals surface area contributed by atoms with Gasteiger partial charge >= 0.3 is 5.97 Å². The van der Waals surface area contributed by atoms with Gasteiger partial charge in [-0.15, -0.1) is 16.7 Å². The summed E-state index contributed by atoms with van der Waals surface area (Å²) < 4.78 is 5.29. The standard InChI is InChI=1S/C25H23N5O8S/c1-25(2)28(22(33)18(29(25)26-35)15-6-4-3-5-7-15)20-21(32)27-19(17(31)13-39-23(20)27)24(34)38-12-14-8-10-16(11-9-14)30(36)37/h3-11,18-20,23H,12-13H2,1-2H3/t18-,19?,20-,23-/m1/s1. The highest BCUT2D eigenvalue weighted by atomic mass is 32.2. The van der Waals surface area contributed by atoms with Crippen molar-refractivity contribution < 1.29 is 28.8 Å². The van der Waals surface area contributed by atoms with Crippen molar-refractivity contribution in [3.05, 3.63) is 80.7 Å². The Morgan fingerprint density at radius 3 is 2.38 bits per heavy atom. The maximum atomic E-state index is 13.7. The second-order valence-electron chi connectivity index (χ2n) is 9.73. The summed E-state index contributed by atoms with van der Waals surface area (Å²) >= 11 is 1.13. The number of benzene rings is 2. The first kappa shape index (κ1) is 26.3. The molecule has 2 aromatic carbocycles. The number of ether oxygens (including phenoxy) is 1. The smallest absolute Gasteiger partial charge is 0.337 e. The zero-order chi connectivity index (χ0) is 28.1. The van der Waals surface area contributed by atoms with Crippen molar-refractivity contribution in [2.45, 2.75) is 49.6 Å². The number of rotatable bonds is 7. The average molecular weight is 554 g/mol. The van der Waals surface area contributed by atoms with Crippen molar-refractivity contribution in [1.82, 2.24) is 14.8 Å². The summed E-state index contributed by atoms with van der Waals surface area (Å²) in [6.07, 6.45) is 0. The van der Waals surface area contributed by atoms with Crippen LogP contribution in [0.3, 0.4) is 0 Å². The van der Waals surface area contributed by atoms with Crippen LogP contribution >= 0.6 is 11.8 Å². The van der Waals surface area contributed by atoms with Crippen LogP contribution < -0.4 is 0 Å². The van der Waals surface area contributed by atoms with Gasteiger partial charge in [-0.3, -0.25) is 24.5 Å². The molecule has 0 radical (unpaired) electrons. The Hall–Kier alpha value is -4.33. The number of carbonyl (C=O) groups excluding carboxylic acids is 4. The quantitative estimate of drug-likeness (QED) is 0.124. The topological polar surface area (TPSA) is 160 Å². The lowest BCUT2D eigenvalue weighted by atomic mass is 9.96. The van der Waals surface area contributed by atoms with Gasteiger partial charge in [0.1, 0.15) is 23.7 Å². The molecule has 0 saturated carbocycles. The molecule has 13 nitrogen and oxygen atoms in total. The Morgan fingerprint density at radius 2 is 1.77 bits per heavy atom. The molecule has 2 aromatic rings. The van der Waals surface area contributed by atoms with Gasteiger partial charge in [0.25, 0.3) is 17.5 Å². The monoisotopic (exact) mass is 553 g/mol. The van der Waals surface area contributed by atoms with Crippen LogP contribution in [0.1, 0.15) is 31.0 Å². The summed E-state index contributed by atoms with van der Waals surface area (Å²) in [5.74, 6) is -2.62. The molecule has 39 heavy (non-hydrogen) atoms. The minimum atomic E-state index is -1.48. The minimum Gasteiger partial charge on any atom is -0.459 e. The maximum absolute atomic E-state index is 13.7. The number of Topliss-reactive ketones (excluding diaryl/α,β-unsaturated/α-hetero) is 1. The first-order chi connectivity index (χ1) is 18.6. The molecule has 3 heterocycles. The third-order valence-corrected chi connectivity index (χ3v) is 8.41. The summed E-state index contributed by atoms with van der Waals surface area (Å²) in [6.45, 7) is 2.97. The predicted octanol–water partition coefficient (Wildman–Crippen LogP) is 2.16. The number of hydrogen-bond acceptors (Lipinski definition) is 10. The molecule has 202 valence electrons. The third kappa shape index (κ3) is 4.20. The maximum Gasteiger partial charge on any atom is 0.337 e. The van der Waals surface area contributed by atoms with Gasteiger partial charge in [-0.25, -0.2) is 9.80 Å². The lowest BCUT2D eigenvalue weighted by Gasteiger charge is -2.55.